The monoisotopic (exact) mass is 322 g/mol. The van der Waals surface area contributed by atoms with Gasteiger partial charge in [0, 0.05) is 23.9 Å². The lowest BCUT2D eigenvalue weighted by atomic mass is 10.2. The van der Waals surface area contributed by atoms with Crippen LogP contribution in [-0.2, 0) is 0 Å². The summed E-state index contributed by atoms with van der Waals surface area (Å²) in [4.78, 5) is 12.7. The molecule has 0 aliphatic carbocycles. The summed E-state index contributed by atoms with van der Waals surface area (Å²) >= 11 is 0. The van der Waals surface area contributed by atoms with Gasteiger partial charge in [0.05, 0.1) is 19.3 Å². The summed E-state index contributed by atoms with van der Waals surface area (Å²) < 4.78 is 10.7. The van der Waals surface area contributed by atoms with Gasteiger partial charge in [-0.2, -0.15) is 0 Å². The van der Waals surface area contributed by atoms with Crippen molar-refractivity contribution in [3.8, 4) is 22.9 Å². The molecule has 6 nitrogen and oxygen atoms in total. The number of hydrogen-bond donors (Lipinski definition) is 1. The number of nitrogens with one attached hydrogen (secondary N) is 1. The largest absolute Gasteiger partial charge is 0.492 e. The molecule has 0 saturated carbocycles. The molecule has 0 amide bonds. The summed E-state index contributed by atoms with van der Waals surface area (Å²) in [6.45, 7) is 1.19. The lowest BCUT2D eigenvalue weighted by Gasteiger charge is -2.09. The predicted octanol–water partition coefficient (Wildman–Crippen LogP) is 3.04. The first-order valence-corrected chi connectivity index (χ1v) is 7.59. The second-order valence-corrected chi connectivity index (χ2v) is 4.97. The molecule has 0 saturated heterocycles. The fourth-order valence-corrected chi connectivity index (χ4v) is 2.13. The summed E-state index contributed by atoms with van der Waals surface area (Å²) in [5.41, 5.74) is 1.70. The molecule has 3 aromatic rings. The summed E-state index contributed by atoms with van der Waals surface area (Å²) in [7, 11) is 1.59. The van der Waals surface area contributed by atoms with Gasteiger partial charge in [-0.1, -0.05) is 18.2 Å². The Labute approximate surface area is 140 Å². The number of aromatic nitrogens is 3. The van der Waals surface area contributed by atoms with Crippen molar-refractivity contribution in [1.29, 1.82) is 0 Å². The average molecular weight is 322 g/mol. The third kappa shape index (κ3) is 4.19. The van der Waals surface area contributed by atoms with E-state index in [0.29, 0.717) is 19.0 Å². The molecule has 0 radical (unpaired) electrons. The zero-order valence-corrected chi connectivity index (χ0v) is 13.3. The van der Waals surface area contributed by atoms with Crippen molar-refractivity contribution in [2.45, 2.75) is 0 Å². The summed E-state index contributed by atoms with van der Waals surface area (Å²) in [6, 6.07) is 15.3. The van der Waals surface area contributed by atoms with E-state index in [2.05, 4.69) is 20.3 Å². The Kier molecular flexibility index (Phi) is 5.19. The maximum atomic E-state index is 5.64. The van der Waals surface area contributed by atoms with Crippen LogP contribution < -0.4 is 14.8 Å². The van der Waals surface area contributed by atoms with Crippen LogP contribution in [0, 0.1) is 0 Å². The van der Waals surface area contributed by atoms with Crippen LogP contribution in [0.4, 0.5) is 5.82 Å². The number of ether oxygens (including phenoxy) is 2. The number of rotatable bonds is 7. The summed E-state index contributed by atoms with van der Waals surface area (Å²) in [5, 5.41) is 3.23. The van der Waals surface area contributed by atoms with Gasteiger partial charge in [0.15, 0.2) is 0 Å². The van der Waals surface area contributed by atoms with E-state index in [1.807, 2.05) is 42.5 Å². The highest BCUT2D eigenvalue weighted by Crippen LogP contribution is 2.19. The van der Waals surface area contributed by atoms with Crippen molar-refractivity contribution in [3.63, 3.8) is 0 Å². The lowest BCUT2D eigenvalue weighted by Crippen LogP contribution is -2.12. The van der Waals surface area contributed by atoms with Crippen LogP contribution in [0.1, 0.15) is 0 Å². The molecule has 0 aliphatic rings. The van der Waals surface area contributed by atoms with Crippen LogP contribution in [-0.4, -0.2) is 35.2 Å². The standard InChI is InChI=1S/C18H18N4O2/c1-23-18-8-7-14(12-20-18)16-11-17(22-13-21-16)19-9-10-24-15-5-3-2-4-6-15/h2-8,11-13H,9-10H2,1H3,(H,19,21,22). The number of para-hydroxylation sites is 1. The van der Waals surface area contributed by atoms with Gasteiger partial charge in [-0.15, -0.1) is 0 Å². The van der Waals surface area contributed by atoms with Gasteiger partial charge in [-0.25, -0.2) is 15.0 Å². The minimum atomic E-state index is 0.549. The Hall–Kier alpha value is -3.15. The number of nitrogens with zero attached hydrogens (tertiary/aromatic N) is 3. The highest BCUT2D eigenvalue weighted by molar-refractivity contribution is 5.61. The fraction of sp³-hybridized carbons (Fsp3) is 0.167. The first-order chi connectivity index (χ1) is 11.8. The second kappa shape index (κ2) is 7.92. The van der Waals surface area contributed by atoms with Gasteiger partial charge in [-0.05, 0) is 18.2 Å². The topological polar surface area (TPSA) is 69.2 Å². The van der Waals surface area contributed by atoms with Gasteiger partial charge >= 0.3 is 0 Å². The van der Waals surface area contributed by atoms with Gasteiger partial charge in [0.2, 0.25) is 5.88 Å². The Morgan fingerprint density at radius 1 is 1.00 bits per heavy atom. The number of pyridine rings is 1. The summed E-state index contributed by atoms with van der Waals surface area (Å²) in [6.07, 6.45) is 3.25. The van der Waals surface area contributed by atoms with Crippen molar-refractivity contribution in [3.05, 3.63) is 61.1 Å². The lowest BCUT2D eigenvalue weighted by molar-refractivity contribution is 0.333. The molecule has 0 atom stereocenters. The highest BCUT2D eigenvalue weighted by atomic mass is 16.5. The van der Waals surface area contributed by atoms with Crippen molar-refractivity contribution >= 4 is 5.82 Å². The number of hydrogen-bond acceptors (Lipinski definition) is 6. The third-order valence-corrected chi connectivity index (χ3v) is 3.33. The maximum Gasteiger partial charge on any atom is 0.212 e. The van der Waals surface area contributed by atoms with E-state index in [1.54, 1.807) is 19.4 Å². The van der Waals surface area contributed by atoms with Crippen LogP contribution in [0.2, 0.25) is 0 Å². The van der Waals surface area contributed by atoms with Gasteiger partial charge < -0.3 is 14.8 Å². The molecule has 1 aromatic carbocycles. The predicted molar refractivity (Wildman–Crippen MR) is 92.2 cm³/mol. The zero-order valence-electron chi connectivity index (χ0n) is 13.3. The van der Waals surface area contributed by atoms with Crippen molar-refractivity contribution in [2.75, 3.05) is 25.6 Å². The van der Waals surface area contributed by atoms with Crippen LogP contribution in [0.15, 0.2) is 61.1 Å². The number of benzene rings is 1. The van der Waals surface area contributed by atoms with Gasteiger partial charge in [0.1, 0.15) is 24.5 Å². The Morgan fingerprint density at radius 3 is 2.62 bits per heavy atom. The van der Waals surface area contributed by atoms with Crippen LogP contribution in [0.5, 0.6) is 11.6 Å². The Morgan fingerprint density at radius 2 is 1.88 bits per heavy atom. The molecule has 0 unspecified atom stereocenters. The number of anilines is 1. The van der Waals surface area contributed by atoms with Crippen LogP contribution in [0.25, 0.3) is 11.3 Å². The van der Waals surface area contributed by atoms with Crippen molar-refractivity contribution in [1.82, 2.24) is 15.0 Å². The quantitative estimate of drug-likeness (QED) is 0.674. The molecule has 6 heteroatoms. The molecule has 0 bridgehead atoms. The Bertz CT molecular complexity index is 763. The number of methoxy groups -OCH3 is 1. The van der Waals surface area contributed by atoms with E-state index in [0.717, 1.165) is 22.8 Å². The second-order valence-electron chi connectivity index (χ2n) is 4.97. The first-order valence-electron chi connectivity index (χ1n) is 7.59. The maximum absolute atomic E-state index is 5.64. The minimum absolute atomic E-state index is 0.549. The molecule has 2 heterocycles. The van der Waals surface area contributed by atoms with Gasteiger partial charge in [-0.3, -0.25) is 0 Å². The highest BCUT2D eigenvalue weighted by Gasteiger charge is 2.03. The van der Waals surface area contributed by atoms with Crippen LogP contribution >= 0.6 is 0 Å². The molecule has 1 N–H and O–H groups in total. The molecule has 24 heavy (non-hydrogen) atoms. The molecule has 122 valence electrons. The van der Waals surface area contributed by atoms with Crippen molar-refractivity contribution in [2.24, 2.45) is 0 Å². The van der Waals surface area contributed by atoms with E-state index in [1.165, 1.54) is 6.33 Å². The smallest absolute Gasteiger partial charge is 0.212 e. The molecule has 3 rings (SSSR count). The average Bonchev–Trinajstić information content (AvgIpc) is 2.66. The van der Waals surface area contributed by atoms with Crippen molar-refractivity contribution < 1.29 is 9.47 Å². The molecular weight excluding hydrogens is 304 g/mol. The fourth-order valence-electron chi connectivity index (χ4n) is 2.13. The van der Waals surface area contributed by atoms with E-state index < -0.39 is 0 Å². The third-order valence-electron chi connectivity index (χ3n) is 3.33. The normalized spacial score (nSPS) is 10.2. The SMILES string of the molecule is COc1ccc(-c2cc(NCCOc3ccccc3)ncn2)cn1. The van der Waals surface area contributed by atoms with Crippen LogP contribution in [0.3, 0.4) is 0 Å². The summed E-state index contributed by atoms with van der Waals surface area (Å²) in [5.74, 6) is 2.17. The first kappa shape index (κ1) is 15.7. The molecular formula is C18H18N4O2. The van der Waals surface area contributed by atoms with Gasteiger partial charge in [0.25, 0.3) is 0 Å². The molecule has 0 fully saturated rings. The van der Waals surface area contributed by atoms with E-state index in [4.69, 9.17) is 9.47 Å². The zero-order chi connectivity index (χ0) is 16.6. The minimum Gasteiger partial charge on any atom is -0.492 e. The molecule has 0 aliphatic heterocycles. The van der Waals surface area contributed by atoms with E-state index in [9.17, 15) is 0 Å². The van der Waals surface area contributed by atoms with E-state index in [-0.39, 0.29) is 0 Å². The molecule has 2 aromatic heterocycles. The molecule has 0 spiro atoms. The Balaban J connectivity index is 1.56. The van der Waals surface area contributed by atoms with E-state index >= 15 is 0 Å².